The first-order valence-electron chi connectivity index (χ1n) is 7.75. The number of rotatable bonds is 4. The minimum Gasteiger partial charge on any atom is -0.543 e. The zero-order valence-electron chi connectivity index (χ0n) is 14.3. The lowest BCUT2D eigenvalue weighted by atomic mass is 9.99. The normalized spacial score (nSPS) is 12.0. The highest BCUT2D eigenvalue weighted by atomic mass is 28.4. The van der Waals surface area contributed by atoms with Gasteiger partial charge < -0.3 is 4.43 Å². The van der Waals surface area contributed by atoms with Crippen molar-refractivity contribution < 1.29 is 4.43 Å². The van der Waals surface area contributed by atoms with Gasteiger partial charge in [0.2, 0.25) is 0 Å². The summed E-state index contributed by atoms with van der Waals surface area (Å²) in [4.78, 5) is 0. The maximum Gasteiger partial charge on any atom is 0.250 e. The summed E-state index contributed by atoms with van der Waals surface area (Å²) in [5.74, 6) is 0.947. The summed E-state index contributed by atoms with van der Waals surface area (Å²) in [6, 6.07) is 18.5. The van der Waals surface area contributed by atoms with Crippen molar-refractivity contribution >= 4 is 13.9 Å². The van der Waals surface area contributed by atoms with E-state index < -0.39 is 8.32 Å². The minimum absolute atomic E-state index is 0.175. The van der Waals surface area contributed by atoms with Gasteiger partial charge in [-0.25, -0.2) is 0 Å². The molecule has 0 atom stereocenters. The molecule has 0 saturated heterocycles. The molecule has 0 saturated carbocycles. The fraction of sp³-hybridized carbons (Fsp3) is 0.300. The number of hydrogen-bond acceptors (Lipinski definition) is 1. The van der Waals surface area contributed by atoms with Gasteiger partial charge in [-0.2, -0.15) is 0 Å². The molecule has 116 valence electrons. The second-order valence-corrected chi connectivity index (χ2v) is 11.9. The highest BCUT2D eigenvalue weighted by Gasteiger charge is 2.39. The van der Waals surface area contributed by atoms with Crippen LogP contribution in [0.15, 0.2) is 61.2 Å². The average molecular weight is 311 g/mol. The molecule has 2 aromatic carbocycles. The largest absolute Gasteiger partial charge is 0.543 e. The fourth-order valence-corrected chi connectivity index (χ4v) is 3.06. The summed E-state index contributed by atoms with van der Waals surface area (Å²) in [5.41, 5.74) is 3.22. The summed E-state index contributed by atoms with van der Waals surface area (Å²) >= 11 is 0. The first kappa shape index (κ1) is 16.6. The molecule has 2 aromatic rings. The Morgan fingerprint density at radius 2 is 1.45 bits per heavy atom. The van der Waals surface area contributed by atoms with E-state index in [0.29, 0.717) is 0 Å². The molecule has 0 spiro atoms. The van der Waals surface area contributed by atoms with E-state index in [1.54, 1.807) is 0 Å². The molecule has 0 fully saturated rings. The third-order valence-electron chi connectivity index (χ3n) is 4.51. The summed E-state index contributed by atoms with van der Waals surface area (Å²) in [6.07, 6.45) is 0. The molecule has 0 unspecified atom stereocenters. The molecule has 2 heteroatoms. The molecule has 0 radical (unpaired) electrons. The van der Waals surface area contributed by atoms with Crippen molar-refractivity contribution in [2.75, 3.05) is 0 Å². The van der Waals surface area contributed by atoms with Crippen molar-refractivity contribution in [3.8, 4) is 5.75 Å². The highest BCUT2D eigenvalue weighted by Crippen LogP contribution is 2.39. The topological polar surface area (TPSA) is 9.23 Å². The second kappa shape index (κ2) is 6.13. The fourth-order valence-electron chi connectivity index (χ4n) is 2.03. The van der Waals surface area contributed by atoms with E-state index >= 15 is 0 Å². The maximum atomic E-state index is 6.52. The van der Waals surface area contributed by atoms with Crippen LogP contribution >= 0.6 is 0 Å². The molecule has 22 heavy (non-hydrogen) atoms. The Hall–Kier alpha value is -1.80. The van der Waals surface area contributed by atoms with Crippen molar-refractivity contribution in [2.24, 2.45) is 0 Å². The van der Waals surface area contributed by atoms with Gasteiger partial charge in [0.15, 0.2) is 0 Å². The summed E-state index contributed by atoms with van der Waals surface area (Å²) in [7, 11) is -1.87. The minimum atomic E-state index is -1.87. The van der Waals surface area contributed by atoms with Gasteiger partial charge in [-0.05, 0) is 35.3 Å². The molecular formula is C20H26OSi. The van der Waals surface area contributed by atoms with E-state index in [1.165, 1.54) is 0 Å². The summed E-state index contributed by atoms with van der Waals surface area (Å²) in [5, 5.41) is 0.175. The molecule has 2 rings (SSSR count). The molecule has 0 aliphatic heterocycles. The van der Waals surface area contributed by atoms with Crippen LogP contribution < -0.4 is 4.43 Å². The van der Waals surface area contributed by atoms with E-state index in [2.05, 4.69) is 64.7 Å². The Kier molecular flexibility index (Phi) is 4.62. The monoisotopic (exact) mass is 310 g/mol. The molecule has 0 bridgehead atoms. The van der Waals surface area contributed by atoms with Gasteiger partial charge in [0.25, 0.3) is 8.32 Å². The standard InChI is InChI=1S/C20H26OSi/c1-16(17-12-8-7-9-13-17)18-14-10-11-15-19(18)21-22(5,6)20(2,3)4/h7-15H,1H2,2-6H3. The van der Waals surface area contributed by atoms with Gasteiger partial charge in [0, 0.05) is 5.56 Å². The molecule has 0 aliphatic rings. The Bertz CT molecular complexity index is 651. The first-order chi connectivity index (χ1) is 10.2. The quantitative estimate of drug-likeness (QED) is 0.617. The Balaban J connectivity index is 2.38. The van der Waals surface area contributed by atoms with Crippen molar-refractivity contribution in [2.45, 2.75) is 38.9 Å². The van der Waals surface area contributed by atoms with E-state index in [4.69, 9.17) is 4.43 Å². The molecular weight excluding hydrogens is 284 g/mol. The Morgan fingerprint density at radius 1 is 0.909 bits per heavy atom. The lowest BCUT2D eigenvalue weighted by Gasteiger charge is -2.37. The van der Waals surface area contributed by atoms with Crippen molar-refractivity contribution in [3.05, 3.63) is 72.3 Å². The van der Waals surface area contributed by atoms with Gasteiger partial charge in [-0.1, -0.05) is 75.9 Å². The number of hydrogen-bond donors (Lipinski definition) is 0. The Morgan fingerprint density at radius 3 is 2.05 bits per heavy atom. The zero-order chi connectivity index (χ0) is 16.4. The van der Waals surface area contributed by atoms with Crippen LogP contribution in [-0.4, -0.2) is 8.32 Å². The SMILES string of the molecule is C=C(c1ccccc1)c1ccccc1O[Si](C)(C)C(C)(C)C. The van der Waals surface area contributed by atoms with Gasteiger partial charge in [-0.3, -0.25) is 0 Å². The second-order valence-electron chi connectivity index (χ2n) is 7.20. The summed E-state index contributed by atoms with van der Waals surface area (Å²) < 4.78 is 6.52. The highest BCUT2D eigenvalue weighted by molar-refractivity contribution is 6.74. The van der Waals surface area contributed by atoms with Crippen LogP contribution in [0, 0.1) is 0 Å². The van der Waals surface area contributed by atoms with E-state index in [-0.39, 0.29) is 5.04 Å². The third-order valence-corrected chi connectivity index (χ3v) is 8.85. The molecule has 0 aromatic heterocycles. The smallest absolute Gasteiger partial charge is 0.250 e. The number of para-hydroxylation sites is 1. The lowest BCUT2D eigenvalue weighted by Crippen LogP contribution is -2.44. The van der Waals surface area contributed by atoms with Gasteiger partial charge >= 0.3 is 0 Å². The molecule has 1 nitrogen and oxygen atoms in total. The van der Waals surface area contributed by atoms with Crippen molar-refractivity contribution in [1.82, 2.24) is 0 Å². The van der Waals surface area contributed by atoms with E-state index in [0.717, 1.165) is 22.4 Å². The van der Waals surface area contributed by atoms with Crippen LogP contribution in [-0.2, 0) is 0 Å². The van der Waals surface area contributed by atoms with Crippen LogP contribution in [0.5, 0.6) is 5.75 Å². The van der Waals surface area contributed by atoms with Crippen LogP contribution in [0.1, 0.15) is 31.9 Å². The summed E-state index contributed by atoms with van der Waals surface area (Å²) in [6.45, 7) is 15.6. The van der Waals surface area contributed by atoms with Gasteiger partial charge in [-0.15, -0.1) is 0 Å². The van der Waals surface area contributed by atoms with Crippen LogP contribution in [0.2, 0.25) is 18.1 Å². The van der Waals surface area contributed by atoms with Crippen LogP contribution in [0.25, 0.3) is 5.57 Å². The predicted molar refractivity (Wildman–Crippen MR) is 98.8 cm³/mol. The van der Waals surface area contributed by atoms with Gasteiger partial charge in [0.1, 0.15) is 5.75 Å². The van der Waals surface area contributed by atoms with Crippen molar-refractivity contribution in [1.29, 1.82) is 0 Å². The van der Waals surface area contributed by atoms with Crippen molar-refractivity contribution in [3.63, 3.8) is 0 Å². The zero-order valence-corrected chi connectivity index (χ0v) is 15.3. The molecule has 0 N–H and O–H groups in total. The lowest BCUT2D eigenvalue weighted by molar-refractivity contribution is 0.491. The van der Waals surface area contributed by atoms with Gasteiger partial charge in [0.05, 0.1) is 0 Å². The number of benzene rings is 2. The first-order valence-corrected chi connectivity index (χ1v) is 10.7. The molecule has 0 heterocycles. The Labute approximate surface area is 135 Å². The van der Waals surface area contributed by atoms with Crippen LogP contribution in [0.3, 0.4) is 0 Å². The van der Waals surface area contributed by atoms with Crippen LogP contribution in [0.4, 0.5) is 0 Å². The van der Waals surface area contributed by atoms with E-state index in [1.807, 2.05) is 30.3 Å². The van der Waals surface area contributed by atoms with E-state index in [9.17, 15) is 0 Å². The predicted octanol–water partition coefficient (Wildman–Crippen LogP) is 6.13. The molecule has 0 amide bonds. The molecule has 0 aliphatic carbocycles. The average Bonchev–Trinajstić information content (AvgIpc) is 2.46. The maximum absolute atomic E-state index is 6.52. The third kappa shape index (κ3) is 3.50.